The second-order valence-corrected chi connectivity index (χ2v) is 3.15. The van der Waals surface area contributed by atoms with Gasteiger partial charge in [-0.25, -0.2) is 4.39 Å². The molecule has 0 fully saturated rings. The van der Waals surface area contributed by atoms with Crippen LogP contribution in [0.2, 0.25) is 0 Å². The number of carboxylic acids is 1. The summed E-state index contributed by atoms with van der Waals surface area (Å²) >= 11 is 0. The average Bonchev–Trinajstić information content (AvgIpc) is 2.17. The molecule has 3 N–H and O–H groups in total. The van der Waals surface area contributed by atoms with Crippen molar-refractivity contribution in [2.75, 3.05) is 0 Å². The summed E-state index contributed by atoms with van der Waals surface area (Å²) in [6.07, 6.45) is 2.11. The molecule has 4 nitrogen and oxygen atoms in total. The summed E-state index contributed by atoms with van der Waals surface area (Å²) in [6, 6.07) is 3.68. The van der Waals surface area contributed by atoms with Crippen LogP contribution in [-0.4, -0.2) is 17.0 Å². The van der Waals surface area contributed by atoms with Gasteiger partial charge >= 0.3 is 5.97 Å². The minimum Gasteiger partial charge on any atom is -0.481 e. The topological polar surface area (TPSA) is 80.4 Å². The van der Waals surface area contributed by atoms with Gasteiger partial charge in [0.1, 0.15) is 5.82 Å². The van der Waals surface area contributed by atoms with E-state index in [1.54, 1.807) is 0 Å². The molecule has 0 aliphatic heterocycles. The average molecular weight is 223 g/mol. The zero-order valence-electron chi connectivity index (χ0n) is 8.31. The fourth-order valence-corrected chi connectivity index (χ4v) is 1.22. The molecule has 0 saturated carbocycles. The minimum atomic E-state index is -1.03. The molecule has 0 unspecified atom stereocenters. The van der Waals surface area contributed by atoms with E-state index < -0.39 is 17.7 Å². The third kappa shape index (κ3) is 3.53. The van der Waals surface area contributed by atoms with Gasteiger partial charge in [-0.15, -0.1) is 0 Å². The molecule has 0 radical (unpaired) electrons. The molecule has 1 amide bonds. The molecular weight excluding hydrogens is 213 g/mol. The standard InChI is InChI=1S/C11H10FNO3/c12-9-3-1-8(6-11(15)16)7(5-9)2-4-10(13)14/h1-5H,6H2,(H2,13,14)(H,15,16). The summed E-state index contributed by atoms with van der Waals surface area (Å²) in [4.78, 5) is 21.1. The lowest BCUT2D eigenvalue weighted by Gasteiger charge is -2.03. The number of hydrogen-bond acceptors (Lipinski definition) is 2. The maximum Gasteiger partial charge on any atom is 0.307 e. The fourth-order valence-electron chi connectivity index (χ4n) is 1.22. The number of aliphatic carboxylic acids is 1. The second kappa shape index (κ2) is 5.06. The van der Waals surface area contributed by atoms with Crippen LogP contribution in [0.5, 0.6) is 0 Å². The van der Waals surface area contributed by atoms with E-state index in [1.165, 1.54) is 18.2 Å². The van der Waals surface area contributed by atoms with Crippen molar-refractivity contribution in [1.29, 1.82) is 0 Å². The third-order valence-corrected chi connectivity index (χ3v) is 1.88. The van der Waals surface area contributed by atoms with Crippen molar-refractivity contribution < 1.29 is 19.1 Å². The van der Waals surface area contributed by atoms with Gasteiger partial charge in [0.25, 0.3) is 0 Å². The Labute approximate surface area is 91.2 Å². The predicted molar refractivity (Wildman–Crippen MR) is 56.0 cm³/mol. The summed E-state index contributed by atoms with van der Waals surface area (Å²) in [7, 11) is 0. The van der Waals surface area contributed by atoms with Crippen LogP contribution in [0.25, 0.3) is 6.08 Å². The van der Waals surface area contributed by atoms with Crippen molar-refractivity contribution in [3.05, 3.63) is 41.2 Å². The van der Waals surface area contributed by atoms with E-state index in [2.05, 4.69) is 0 Å². The molecule has 1 rings (SSSR count). The van der Waals surface area contributed by atoms with Crippen LogP contribution in [0.1, 0.15) is 11.1 Å². The van der Waals surface area contributed by atoms with Gasteiger partial charge in [0.2, 0.25) is 5.91 Å². The van der Waals surface area contributed by atoms with Gasteiger partial charge in [0.15, 0.2) is 0 Å². The molecule has 0 heterocycles. The van der Waals surface area contributed by atoms with Crippen molar-refractivity contribution in [3.63, 3.8) is 0 Å². The van der Waals surface area contributed by atoms with Gasteiger partial charge in [0, 0.05) is 6.08 Å². The van der Waals surface area contributed by atoms with E-state index in [1.807, 2.05) is 0 Å². The number of carboxylic acid groups (broad SMARTS) is 1. The van der Waals surface area contributed by atoms with Crippen molar-refractivity contribution >= 4 is 18.0 Å². The van der Waals surface area contributed by atoms with Crippen LogP contribution >= 0.6 is 0 Å². The molecule has 1 aromatic carbocycles. The first-order valence-corrected chi connectivity index (χ1v) is 4.47. The van der Waals surface area contributed by atoms with Gasteiger partial charge in [-0.2, -0.15) is 0 Å². The van der Waals surface area contributed by atoms with E-state index in [-0.39, 0.29) is 6.42 Å². The maximum atomic E-state index is 12.9. The maximum absolute atomic E-state index is 12.9. The lowest BCUT2D eigenvalue weighted by atomic mass is 10.0. The Balaban J connectivity index is 3.07. The highest BCUT2D eigenvalue weighted by atomic mass is 19.1. The summed E-state index contributed by atoms with van der Waals surface area (Å²) in [6.45, 7) is 0. The Kier molecular flexibility index (Phi) is 3.77. The Morgan fingerprint density at radius 3 is 2.69 bits per heavy atom. The lowest BCUT2D eigenvalue weighted by molar-refractivity contribution is -0.136. The van der Waals surface area contributed by atoms with Crippen LogP contribution in [-0.2, 0) is 16.0 Å². The van der Waals surface area contributed by atoms with Gasteiger partial charge < -0.3 is 10.8 Å². The molecule has 0 spiro atoms. The fraction of sp³-hybridized carbons (Fsp3) is 0.0909. The molecule has 84 valence electrons. The Hall–Kier alpha value is -2.17. The van der Waals surface area contributed by atoms with Crippen LogP contribution in [0.15, 0.2) is 24.3 Å². The largest absolute Gasteiger partial charge is 0.481 e. The van der Waals surface area contributed by atoms with Gasteiger partial charge in [0.05, 0.1) is 6.42 Å². The summed E-state index contributed by atoms with van der Waals surface area (Å²) in [5.41, 5.74) is 5.65. The number of halogens is 1. The number of hydrogen-bond donors (Lipinski definition) is 2. The minimum absolute atomic E-state index is 0.237. The first-order chi connectivity index (χ1) is 7.49. The number of nitrogens with two attached hydrogens (primary N) is 1. The normalized spacial score (nSPS) is 10.6. The molecule has 16 heavy (non-hydrogen) atoms. The molecular formula is C11H10FNO3. The van der Waals surface area contributed by atoms with Crippen molar-refractivity contribution in [3.8, 4) is 0 Å². The second-order valence-electron chi connectivity index (χ2n) is 3.15. The smallest absolute Gasteiger partial charge is 0.307 e. The third-order valence-electron chi connectivity index (χ3n) is 1.88. The van der Waals surface area contributed by atoms with Gasteiger partial charge in [-0.1, -0.05) is 6.07 Å². The van der Waals surface area contributed by atoms with Crippen LogP contribution in [0.3, 0.4) is 0 Å². The summed E-state index contributed by atoms with van der Waals surface area (Å²) in [5, 5.41) is 8.63. The number of benzene rings is 1. The molecule has 0 bridgehead atoms. The van der Waals surface area contributed by atoms with Crippen molar-refractivity contribution in [2.45, 2.75) is 6.42 Å². The van der Waals surface area contributed by atoms with Crippen LogP contribution in [0, 0.1) is 5.82 Å². The summed E-state index contributed by atoms with van der Waals surface area (Å²) < 4.78 is 12.9. The molecule has 0 aliphatic carbocycles. The lowest BCUT2D eigenvalue weighted by Crippen LogP contribution is -2.06. The molecule has 0 aliphatic rings. The Morgan fingerprint density at radius 1 is 1.44 bits per heavy atom. The SMILES string of the molecule is NC(=O)C=Cc1cc(F)ccc1CC(=O)O. The van der Waals surface area contributed by atoms with E-state index in [4.69, 9.17) is 10.8 Å². The molecule has 0 saturated heterocycles. The zero-order valence-corrected chi connectivity index (χ0v) is 8.31. The molecule has 0 atom stereocenters. The molecule has 5 heteroatoms. The number of rotatable bonds is 4. The summed E-state index contributed by atoms with van der Waals surface area (Å²) in [5.74, 6) is -2.20. The van der Waals surface area contributed by atoms with Crippen LogP contribution in [0.4, 0.5) is 4.39 Å². The van der Waals surface area contributed by atoms with E-state index in [0.717, 1.165) is 12.1 Å². The molecule has 1 aromatic rings. The predicted octanol–water partition coefficient (Wildman–Crippen LogP) is 0.951. The number of carbonyl (C=O) groups is 2. The Bertz CT molecular complexity index is 455. The Morgan fingerprint density at radius 2 is 2.12 bits per heavy atom. The monoisotopic (exact) mass is 223 g/mol. The first-order valence-electron chi connectivity index (χ1n) is 4.47. The first kappa shape index (κ1) is 11.9. The van der Waals surface area contributed by atoms with Crippen molar-refractivity contribution in [1.82, 2.24) is 0 Å². The van der Waals surface area contributed by atoms with Gasteiger partial charge in [-0.05, 0) is 29.3 Å². The number of carbonyl (C=O) groups excluding carboxylic acids is 1. The molecule has 0 aromatic heterocycles. The van der Waals surface area contributed by atoms with E-state index in [0.29, 0.717) is 11.1 Å². The highest BCUT2D eigenvalue weighted by Crippen LogP contribution is 2.14. The highest BCUT2D eigenvalue weighted by Gasteiger charge is 2.06. The number of amides is 1. The van der Waals surface area contributed by atoms with Gasteiger partial charge in [-0.3, -0.25) is 9.59 Å². The van der Waals surface area contributed by atoms with E-state index in [9.17, 15) is 14.0 Å². The zero-order chi connectivity index (χ0) is 12.1. The quantitative estimate of drug-likeness (QED) is 0.746. The van der Waals surface area contributed by atoms with Crippen LogP contribution < -0.4 is 5.73 Å². The highest BCUT2D eigenvalue weighted by molar-refractivity contribution is 5.90. The van der Waals surface area contributed by atoms with E-state index >= 15 is 0 Å². The number of primary amides is 1. The van der Waals surface area contributed by atoms with Crippen molar-refractivity contribution in [2.24, 2.45) is 5.73 Å².